The van der Waals surface area contributed by atoms with Crippen molar-refractivity contribution in [3.05, 3.63) is 56.7 Å². The second-order valence-corrected chi connectivity index (χ2v) is 9.14. The lowest BCUT2D eigenvalue weighted by Gasteiger charge is -2.17. The first-order chi connectivity index (χ1) is 12.0. The molecule has 130 valence electrons. The molecule has 3 aromatic rings. The average molecular weight is 375 g/mol. The first-order valence-electron chi connectivity index (χ1n) is 8.48. The Morgan fingerprint density at radius 1 is 1.40 bits per heavy atom. The van der Waals surface area contributed by atoms with Gasteiger partial charge in [-0.05, 0) is 49.8 Å². The molecule has 1 aromatic carbocycles. The lowest BCUT2D eigenvalue weighted by molar-refractivity contribution is 0.509. The highest BCUT2D eigenvalue weighted by Gasteiger charge is 2.24. The van der Waals surface area contributed by atoms with E-state index in [1.54, 1.807) is 23.5 Å². The molecule has 1 aliphatic rings. The molecule has 25 heavy (non-hydrogen) atoms. The Morgan fingerprint density at radius 3 is 3.00 bits per heavy atom. The van der Waals surface area contributed by atoms with Crippen molar-refractivity contribution in [2.45, 2.75) is 43.3 Å². The van der Waals surface area contributed by atoms with E-state index in [2.05, 4.69) is 11.9 Å². The van der Waals surface area contributed by atoms with Crippen molar-refractivity contribution in [3.63, 3.8) is 0 Å². The van der Waals surface area contributed by atoms with E-state index in [-0.39, 0.29) is 16.6 Å². The summed E-state index contributed by atoms with van der Waals surface area (Å²) in [6.07, 6.45) is 3.12. The van der Waals surface area contributed by atoms with Crippen LogP contribution in [-0.4, -0.2) is 9.97 Å². The maximum atomic E-state index is 13.9. The van der Waals surface area contributed by atoms with Crippen LogP contribution in [0.25, 0.3) is 10.2 Å². The zero-order chi connectivity index (χ0) is 17.6. The molecule has 1 N–H and O–H groups in total. The fraction of sp³-hybridized carbons (Fsp3) is 0.368. The molecule has 0 aliphatic heterocycles. The largest absolute Gasteiger partial charge is 0.309 e. The Bertz CT molecular complexity index is 995. The quantitative estimate of drug-likeness (QED) is 0.649. The summed E-state index contributed by atoms with van der Waals surface area (Å²) in [4.78, 5) is 23.0. The van der Waals surface area contributed by atoms with E-state index in [0.717, 1.165) is 29.5 Å². The van der Waals surface area contributed by atoms with E-state index in [4.69, 9.17) is 4.98 Å². The molecule has 2 atom stereocenters. The molecule has 0 saturated heterocycles. The van der Waals surface area contributed by atoms with E-state index >= 15 is 0 Å². The van der Waals surface area contributed by atoms with Gasteiger partial charge in [0.25, 0.3) is 5.56 Å². The Hall–Kier alpha value is -1.66. The standard InChI is InChI=1S/C19H19FN2OS2/c1-10-7-8-12-15(9-10)25-19-16(12)18(23)21-17(22-19)11(2)24-14-6-4-3-5-13(14)20/h3-6,10-11H,7-9H2,1-2H3,(H,21,22,23)/t10-,11+/m0/s1. The third-order valence-electron chi connectivity index (χ3n) is 4.71. The van der Waals surface area contributed by atoms with Gasteiger partial charge in [0.2, 0.25) is 0 Å². The zero-order valence-corrected chi connectivity index (χ0v) is 15.8. The van der Waals surface area contributed by atoms with Gasteiger partial charge in [-0.3, -0.25) is 4.79 Å². The predicted octanol–water partition coefficient (Wildman–Crippen LogP) is 5.10. The van der Waals surface area contributed by atoms with Crippen LogP contribution in [0.2, 0.25) is 0 Å². The highest BCUT2D eigenvalue weighted by atomic mass is 32.2. The van der Waals surface area contributed by atoms with Crippen LogP contribution in [0.3, 0.4) is 0 Å². The summed E-state index contributed by atoms with van der Waals surface area (Å²) in [5.74, 6) is 1.02. The van der Waals surface area contributed by atoms with E-state index < -0.39 is 0 Å². The molecule has 0 saturated carbocycles. The topological polar surface area (TPSA) is 45.8 Å². The lowest BCUT2D eigenvalue weighted by atomic mass is 9.89. The Labute approximate surface area is 153 Å². The van der Waals surface area contributed by atoms with Crippen molar-refractivity contribution < 1.29 is 4.39 Å². The van der Waals surface area contributed by atoms with Crippen LogP contribution in [0.15, 0.2) is 34.0 Å². The molecule has 2 aromatic heterocycles. The predicted molar refractivity (Wildman–Crippen MR) is 102 cm³/mol. The summed E-state index contributed by atoms with van der Waals surface area (Å²) in [7, 11) is 0. The molecule has 3 nitrogen and oxygen atoms in total. The van der Waals surface area contributed by atoms with E-state index in [1.807, 2.05) is 13.0 Å². The molecule has 0 radical (unpaired) electrons. The van der Waals surface area contributed by atoms with Crippen LogP contribution in [0, 0.1) is 11.7 Å². The minimum Gasteiger partial charge on any atom is -0.309 e. The van der Waals surface area contributed by atoms with Gasteiger partial charge in [-0.25, -0.2) is 9.37 Å². The molecule has 0 spiro atoms. The number of rotatable bonds is 3. The monoisotopic (exact) mass is 374 g/mol. The molecule has 6 heteroatoms. The van der Waals surface area contributed by atoms with Gasteiger partial charge in [0.05, 0.1) is 10.6 Å². The Morgan fingerprint density at radius 2 is 2.20 bits per heavy atom. The number of thioether (sulfide) groups is 1. The number of thiophene rings is 1. The number of nitrogens with one attached hydrogen (secondary N) is 1. The van der Waals surface area contributed by atoms with Crippen LogP contribution in [-0.2, 0) is 12.8 Å². The van der Waals surface area contributed by atoms with E-state index in [0.29, 0.717) is 16.6 Å². The minimum atomic E-state index is -0.247. The summed E-state index contributed by atoms with van der Waals surface area (Å²) in [5, 5.41) is 0.630. The normalized spacial score (nSPS) is 18.3. The molecule has 4 rings (SSSR count). The van der Waals surface area contributed by atoms with Crippen LogP contribution in [0.1, 0.15) is 41.8 Å². The number of halogens is 1. The van der Waals surface area contributed by atoms with Gasteiger partial charge >= 0.3 is 0 Å². The third-order valence-corrected chi connectivity index (χ3v) is 7.02. The van der Waals surface area contributed by atoms with Crippen molar-refractivity contribution in [3.8, 4) is 0 Å². The molecule has 2 heterocycles. The molecule has 1 aliphatic carbocycles. The minimum absolute atomic E-state index is 0.0620. The first-order valence-corrected chi connectivity index (χ1v) is 10.2. The smallest absolute Gasteiger partial charge is 0.259 e. The molecule has 0 unspecified atom stereocenters. The highest BCUT2D eigenvalue weighted by molar-refractivity contribution is 7.99. The number of nitrogens with zero attached hydrogens (tertiary/aromatic N) is 1. The maximum absolute atomic E-state index is 13.9. The second-order valence-electron chi connectivity index (χ2n) is 6.67. The van der Waals surface area contributed by atoms with Crippen LogP contribution >= 0.6 is 23.1 Å². The van der Waals surface area contributed by atoms with Crippen LogP contribution in [0.5, 0.6) is 0 Å². The molecule has 0 fully saturated rings. The van der Waals surface area contributed by atoms with Gasteiger partial charge < -0.3 is 4.98 Å². The van der Waals surface area contributed by atoms with Crippen molar-refractivity contribution in [2.24, 2.45) is 5.92 Å². The summed E-state index contributed by atoms with van der Waals surface area (Å²) in [5.41, 5.74) is 1.13. The van der Waals surface area contributed by atoms with Crippen molar-refractivity contribution in [1.82, 2.24) is 9.97 Å². The number of hydrogen-bond acceptors (Lipinski definition) is 4. The lowest BCUT2D eigenvalue weighted by Crippen LogP contribution is -2.15. The van der Waals surface area contributed by atoms with Gasteiger partial charge in [0.1, 0.15) is 16.5 Å². The highest BCUT2D eigenvalue weighted by Crippen LogP contribution is 2.38. The first kappa shape index (κ1) is 16.8. The Kier molecular flexibility index (Phi) is 4.41. The SMILES string of the molecule is C[C@H]1CCc2c(sc3nc([C@@H](C)Sc4ccccc4F)[nH]c(=O)c23)C1. The molecular weight excluding hydrogens is 355 g/mol. The van der Waals surface area contributed by atoms with Crippen molar-refractivity contribution in [1.29, 1.82) is 0 Å². The summed E-state index contributed by atoms with van der Waals surface area (Å²) in [6.45, 7) is 4.19. The van der Waals surface area contributed by atoms with Gasteiger partial charge in [-0.15, -0.1) is 23.1 Å². The van der Waals surface area contributed by atoms with Crippen molar-refractivity contribution in [2.75, 3.05) is 0 Å². The van der Waals surface area contributed by atoms with Crippen LogP contribution in [0.4, 0.5) is 4.39 Å². The van der Waals surface area contributed by atoms with Crippen molar-refractivity contribution >= 4 is 33.3 Å². The number of aromatic nitrogens is 2. The van der Waals surface area contributed by atoms with Crippen LogP contribution < -0.4 is 5.56 Å². The number of fused-ring (bicyclic) bond motifs is 3. The fourth-order valence-corrected chi connectivity index (χ4v) is 5.68. The number of aryl methyl sites for hydroxylation is 1. The number of hydrogen-bond donors (Lipinski definition) is 1. The maximum Gasteiger partial charge on any atom is 0.259 e. The summed E-state index contributed by atoms with van der Waals surface area (Å²) < 4.78 is 13.9. The van der Waals surface area contributed by atoms with Gasteiger partial charge in [-0.1, -0.05) is 19.1 Å². The molecular formula is C19H19FN2OS2. The fourth-order valence-electron chi connectivity index (χ4n) is 3.34. The van der Waals surface area contributed by atoms with E-state index in [9.17, 15) is 9.18 Å². The summed E-state index contributed by atoms with van der Waals surface area (Å²) in [6, 6.07) is 6.68. The van der Waals surface area contributed by atoms with Gasteiger partial charge in [-0.2, -0.15) is 0 Å². The van der Waals surface area contributed by atoms with Gasteiger partial charge in [0, 0.05) is 9.77 Å². The number of H-pyrrole nitrogens is 1. The second kappa shape index (κ2) is 6.57. The number of aromatic amines is 1. The van der Waals surface area contributed by atoms with E-state index in [1.165, 1.54) is 28.3 Å². The Balaban J connectivity index is 1.71. The van der Waals surface area contributed by atoms with Gasteiger partial charge in [0.15, 0.2) is 0 Å². The zero-order valence-electron chi connectivity index (χ0n) is 14.1. The summed E-state index contributed by atoms with van der Waals surface area (Å²) >= 11 is 3.02. The molecule has 0 bridgehead atoms. The third kappa shape index (κ3) is 3.13. The number of benzene rings is 1. The molecule has 0 amide bonds. The average Bonchev–Trinajstić information content (AvgIpc) is 2.94.